The van der Waals surface area contributed by atoms with Gasteiger partial charge in [-0.2, -0.15) is 0 Å². The first-order chi connectivity index (χ1) is 60.2. The molecule has 4 aliphatic heterocycles. The number of carbonyl (C=O) groups excluding carboxylic acids is 7. The average Bonchev–Trinajstić information content (AvgIpc) is 1.62. The number of fused-ring (bicyclic) bond motifs is 16. The first-order valence-corrected chi connectivity index (χ1v) is 44.5. The third-order valence-electron chi connectivity index (χ3n) is 23.5. The molecule has 27 heteroatoms. The number of benzene rings is 1. The van der Waals surface area contributed by atoms with Crippen LogP contribution in [0, 0.1) is 45.4 Å². The summed E-state index contributed by atoms with van der Waals surface area (Å²) in [5.41, 5.74) is 32.4. The molecule has 0 atom stereocenters. The number of nitrogens with two attached hydrogens (primary N) is 1. The molecule has 0 radical (unpaired) electrons. The van der Waals surface area contributed by atoms with E-state index in [0.717, 1.165) is 114 Å². The number of anilines is 1. The summed E-state index contributed by atoms with van der Waals surface area (Å²) in [5, 5.41) is 12.7. The number of carboxylic acids is 1. The Balaban J connectivity index is 0.000000403. The van der Waals surface area contributed by atoms with Crippen LogP contribution < -0.4 is 31.0 Å². The van der Waals surface area contributed by atoms with Gasteiger partial charge in [-0.05, 0) is 233 Å². The number of allylic oxidation sites excluding steroid dienone is 8. The first kappa shape index (κ1) is 108. The van der Waals surface area contributed by atoms with E-state index in [2.05, 4.69) is 46.9 Å². The summed E-state index contributed by atoms with van der Waals surface area (Å²) in [6, 6.07) is 23.1. The van der Waals surface area contributed by atoms with Crippen LogP contribution in [0.2, 0.25) is 0 Å². The van der Waals surface area contributed by atoms with Crippen LogP contribution in [0.5, 0.6) is 0 Å². The molecule has 0 unspecified atom stereocenters. The number of aliphatic carboxylic acids is 1. The maximum atomic E-state index is 13.4. The van der Waals surface area contributed by atoms with E-state index in [1.807, 2.05) is 128 Å². The molecule has 0 saturated heterocycles. The van der Waals surface area contributed by atoms with Gasteiger partial charge in [-0.1, -0.05) is 162 Å². The van der Waals surface area contributed by atoms with Crippen molar-refractivity contribution in [3.05, 3.63) is 168 Å². The van der Waals surface area contributed by atoms with Crippen LogP contribution in [0.3, 0.4) is 0 Å². The molecule has 1 amide bonds. The zero-order valence-corrected chi connectivity index (χ0v) is 80.3. The second-order valence-corrected chi connectivity index (χ2v) is 33.9. The largest absolute Gasteiger partial charge is 2.00 e. The molecule has 11 rings (SSSR count). The van der Waals surface area contributed by atoms with Crippen LogP contribution in [0.1, 0.15) is 297 Å². The Morgan fingerprint density at radius 3 is 0.854 bits per heavy atom. The Labute approximate surface area is 793 Å². The van der Waals surface area contributed by atoms with Crippen molar-refractivity contribution in [2.24, 2.45) is 17.8 Å². The van der Waals surface area contributed by atoms with E-state index in [0.29, 0.717) is 191 Å². The standard InChI is InChI=1S/C59H77N6O7.C42H49N4O8.2CH4.2Pd/c1-35(2)24-28-70-57(67)20-16-45-39(8)49-31-52-44(15-19-56(66)61-27-23-42-11-13-43(60)14-12-42)38(7)48(62-52)32-53-46(17-21-58(68)71-29-25-36(3)4)40(9)50(64-53)34-55-47(18-22-59(69)72-30-26-37(5)6)41(10)51(65-55)33-54(45)63-49;1-8-52-40(49)16-12-28-24(5)32-19-35-27(11-15-39(47)48)23(4)31(43-35)20-36-29(13-17-41(50)53-9-2)25(6)33(45-36)22-38-30(14-18-42(51)54-10-3)26(7)34(46-38)21-37(28)44-32;;;;/h11-14,31-37H,15-30,60H2,1-10H3,(H2-,61,62,63,64,65,66);19-22H,8-18H2,1-7H3,(H2-,43,44,45,46,47,48);2*1H4;;/q2*-1;;;2*+2/p-2. The van der Waals surface area contributed by atoms with E-state index in [-0.39, 0.29) is 175 Å². The van der Waals surface area contributed by atoms with Crippen molar-refractivity contribution in [1.82, 2.24) is 45.2 Å². The van der Waals surface area contributed by atoms with Gasteiger partial charge in [0.15, 0.2) is 0 Å². The molecule has 16 bridgehead atoms. The maximum Gasteiger partial charge on any atom is 2.00 e. The molecular weight excluding hydrogens is 1830 g/mol. The number of nitrogens with zero attached hydrogens (tertiary/aromatic N) is 8. The number of carboxylic acid groups (broad SMARTS) is 1. The van der Waals surface area contributed by atoms with E-state index in [1.54, 1.807) is 20.8 Å². The van der Waals surface area contributed by atoms with Crippen LogP contribution >= 0.6 is 0 Å². The molecule has 130 heavy (non-hydrogen) atoms. The molecular formula is C103H132N10O15Pd2. The molecule has 7 aromatic rings. The minimum Gasteiger partial charge on any atom is -0.657 e. The topological polar surface area (TPSA) is 358 Å². The average molecular weight is 1960 g/mol. The molecule has 1 aromatic carbocycles. The minimum atomic E-state index is -0.917. The number of hydrogen-bond donors (Lipinski definition) is 3. The Hall–Kier alpha value is -10.7. The summed E-state index contributed by atoms with van der Waals surface area (Å²) in [7, 11) is 0. The summed E-state index contributed by atoms with van der Waals surface area (Å²) in [5.74, 6) is -1.48. The number of aryl methyl sites for hydroxylation is 8. The summed E-state index contributed by atoms with van der Waals surface area (Å²) in [4.78, 5) is 143. The maximum absolute atomic E-state index is 13.4. The smallest absolute Gasteiger partial charge is 0.657 e. The van der Waals surface area contributed by atoms with E-state index < -0.39 is 5.97 Å². The molecule has 0 aliphatic carbocycles. The zero-order chi connectivity index (χ0) is 91.2. The molecule has 25 nitrogen and oxygen atoms in total. The van der Waals surface area contributed by atoms with E-state index in [9.17, 15) is 43.5 Å². The number of rotatable bonds is 39. The summed E-state index contributed by atoms with van der Waals surface area (Å²) >= 11 is 0. The van der Waals surface area contributed by atoms with Crippen LogP contribution in [0.25, 0.3) is 88.7 Å². The number of nitrogens with one attached hydrogen (secondary N) is 1. The van der Waals surface area contributed by atoms with Gasteiger partial charge in [-0.3, -0.25) is 38.4 Å². The Bertz CT molecular complexity index is 5740. The molecule has 4 N–H and O–H groups in total. The van der Waals surface area contributed by atoms with Crippen molar-refractivity contribution in [2.45, 2.75) is 261 Å². The molecule has 4 aliphatic rings. The molecule has 6 aromatic heterocycles. The first-order valence-electron chi connectivity index (χ1n) is 44.5. The number of nitrogen functional groups attached to an aromatic ring is 1. The SMILES string of the molecule is C.C.CC1=C(CCC(=O)NCCc2ccc(N)cc2)c2cc3[n-]c(cc4nc(cc5[n-]c(cc1n2)c(CCC(=O)OCCC(C)C)c5C)C(CCC(=O)OCCC(C)C)=C4C)c(CCC(=O)OCCC(C)C)c3C.CCOC(=O)CCC1=C(C)c2cc3[n-]c(cc4nc(cc5[n-]c(cc1n2)c(C)c5CCC(=O)O)C(C)=C4CCC(=O)OCC)c(C)c3CCC(=O)OCC.[Pd+2].[Pd+2]. The van der Waals surface area contributed by atoms with Gasteiger partial charge in [-0.25, -0.2) is 19.9 Å². The second kappa shape index (κ2) is 51.2. The number of hydrogen-bond acceptors (Lipinski definition) is 19. The van der Waals surface area contributed by atoms with Crippen molar-refractivity contribution >= 4 is 142 Å². The number of carbonyl (C=O) groups is 8. The second-order valence-electron chi connectivity index (χ2n) is 33.9. The predicted octanol–water partition coefficient (Wildman–Crippen LogP) is 19.7. The third kappa shape index (κ3) is 29.4. The van der Waals surface area contributed by atoms with Crippen LogP contribution in [-0.4, -0.2) is 119 Å². The summed E-state index contributed by atoms with van der Waals surface area (Å²) in [6.07, 6.45) is 7.28. The van der Waals surface area contributed by atoms with Gasteiger partial charge in [0.2, 0.25) is 5.91 Å². The van der Waals surface area contributed by atoms with Crippen LogP contribution in [-0.2, 0) is 140 Å². The number of esters is 6. The van der Waals surface area contributed by atoms with Crippen molar-refractivity contribution in [1.29, 1.82) is 0 Å². The van der Waals surface area contributed by atoms with Gasteiger partial charge in [0.1, 0.15) is 0 Å². The predicted molar refractivity (Wildman–Crippen MR) is 507 cm³/mol. The van der Waals surface area contributed by atoms with E-state index >= 15 is 0 Å². The number of aromatic nitrogens is 8. The fourth-order valence-corrected chi connectivity index (χ4v) is 15.8. The van der Waals surface area contributed by atoms with Crippen LogP contribution in [0.4, 0.5) is 5.69 Å². The van der Waals surface area contributed by atoms with E-state index in [4.69, 9.17) is 74.0 Å². The number of amides is 1. The van der Waals surface area contributed by atoms with Crippen molar-refractivity contribution in [3.63, 3.8) is 0 Å². The summed E-state index contributed by atoms with van der Waals surface area (Å²) in [6.45, 7) is 36.2. The molecule has 0 saturated carbocycles. The van der Waals surface area contributed by atoms with Crippen molar-refractivity contribution in [3.8, 4) is 0 Å². The Morgan fingerprint density at radius 2 is 0.592 bits per heavy atom. The number of ether oxygens (including phenoxy) is 6. The van der Waals surface area contributed by atoms with Gasteiger partial charge in [-0.15, -0.1) is 44.1 Å². The Morgan fingerprint density at radius 1 is 0.346 bits per heavy atom. The van der Waals surface area contributed by atoms with Gasteiger partial charge < -0.3 is 64.5 Å². The van der Waals surface area contributed by atoms with Gasteiger partial charge in [0, 0.05) is 63.6 Å². The van der Waals surface area contributed by atoms with Gasteiger partial charge in [0.05, 0.1) is 85.2 Å². The van der Waals surface area contributed by atoms with E-state index in [1.165, 1.54) is 0 Å². The zero-order valence-electron chi connectivity index (χ0n) is 77.2. The fraction of sp³-hybridized carbons (Fsp3) is 0.476. The monoisotopic (exact) mass is 1960 g/mol. The molecule has 704 valence electrons. The van der Waals surface area contributed by atoms with Gasteiger partial charge >= 0.3 is 82.6 Å². The molecule has 10 heterocycles. The third-order valence-corrected chi connectivity index (χ3v) is 23.5. The van der Waals surface area contributed by atoms with Crippen molar-refractivity contribution in [2.75, 3.05) is 51.9 Å². The quantitative estimate of drug-likeness (QED) is 0.0139. The Kier molecular flexibility index (Phi) is 42.6. The minimum absolute atomic E-state index is 0. The van der Waals surface area contributed by atoms with Crippen LogP contribution in [0.15, 0.2) is 72.8 Å². The van der Waals surface area contributed by atoms with Crippen molar-refractivity contribution < 1.29 is 113 Å². The molecule has 0 spiro atoms. The normalized spacial score (nSPS) is 12.2. The van der Waals surface area contributed by atoms with Gasteiger partial charge in [0.25, 0.3) is 0 Å². The summed E-state index contributed by atoms with van der Waals surface area (Å²) < 4.78 is 32.6. The molecule has 0 fully saturated rings. The fourth-order valence-electron chi connectivity index (χ4n) is 15.8.